The van der Waals surface area contributed by atoms with Gasteiger partial charge in [-0.2, -0.15) is 0 Å². The Morgan fingerprint density at radius 3 is 2.45 bits per heavy atom. The fraction of sp³-hybridized carbons (Fsp3) is 0.400. The van der Waals surface area contributed by atoms with Gasteiger partial charge in [0.15, 0.2) is 0 Å². The highest BCUT2D eigenvalue weighted by Gasteiger charge is 2.36. The fourth-order valence-corrected chi connectivity index (χ4v) is 1.39. The third-order valence-corrected chi connectivity index (χ3v) is 2.17. The van der Waals surface area contributed by atoms with E-state index in [2.05, 4.69) is 9.47 Å². The molecule has 0 amide bonds. The molecule has 1 N–H and O–H groups in total. The van der Waals surface area contributed by atoms with Gasteiger partial charge in [0.2, 0.25) is 5.75 Å². The number of aromatic nitrogens is 1. The van der Waals surface area contributed by atoms with Crippen LogP contribution >= 0.6 is 0 Å². The summed E-state index contributed by atoms with van der Waals surface area (Å²) in [5.74, 6) is -2.55. The Bertz CT molecular complexity index is 552. The molecule has 0 fully saturated rings. The first-order chi connectivity index (χ1) is 9.15. The molecule has 0 unspecified atom stereocenters. The lowest BCUT2D eigenvalue weighted by molar-refractivity contribution is -0.275. The number of aromatic amines is 1. The van der Waals surface area contributed by atoms with Gasteiger partial charge in [0.25, 0.3) is 12.0 Å². The van der Waals surface area contributed by atoms with Crippen LogP contribution in [-0.2, 0) is 16.0 Å². The molecule has 0 saturated heterocycles. The number of rotatable bonds is 4. The number of alkyl halides is 5. The summed E-state index contributed by atoms with van der Waals surface area (Å²) < 4.78 is 69.6. The van der Waals surface area contributed by atoms with Gasteiger partial charge in [-0.15, -0.1) is 13.2 Å². The number of halogens is 5. The maximum atomic E-state index is 12.8. The lowest BCUT2D eigenvalue weighted by atomic mass is 10.1. The normalized spacial score (nSPS) is 11.6. The molecule has 1 rings (SSSR count). The number of methoxy groups -OCH3 is 1. The Kier molecular flexibility index (Phi) is 4.69. The molecule has 0 bridgehead atoms. The van der Waals surface area contributed by atoms with Gasteiger partial charge in [-0.05, 0) is 5.56 Å². The second-order valence-corrected chi connectivity index (χ2v) is 3.49. The predicted octanol–water partition coefficient (Wildman–Crippen LogP) is 1.93. The van der Waals surface area contributed by atoms with Crippen LogP contribution in [0, 0.1) is 0 Å². The van der Waals surface area contributed by atoms with Crippen LogP contribution in [0.4, 0.5) is 22.0 Å². The van der Waals surface area contributed by atoms with Crippen LogP contribution < -0.4 is 10.3 Å². The van der Waals surface area contributed by atoms with Crippen molar-refractivity contribution in [1.82, 2.24) is 4.98 Å². The molecular formula is C10H8F5NO4. The van der Waals surface area contributed by atoms with Crippen molar-refractivity contribution >= 4 is 5.97 Å². The molecular weight excluding hydrogens is 293 g/mol. The minimum absolute atomic E-state index is 0.523. The average molecular weight is 301 g/mol. The van der Waals surface area contributed by atoms with E-state index in [0.717, 1.165) is 7.11 Å². The summed E-state index contributed by atoms with van der Waals surface area (Å²) in [5.41, 5.74) is -3.30. The maximum Gasteiger partial charge on any atom is 0.573 e. The summed E-state index contributed by atoms with van der Waals surface area (Å²) in [7, 11) is 0.975. The SMILES string of the molecule is COC(=O)Cc1c[nH]c(=O)c(OC(F)(F)F)c1C(F)F. The number of carbonyl (C=O) groups is 1. The van der Waals surface area contributed by atoms with Gasteiger partial charge >= 0.3 is 12.3 Å². The monoisotopic (exact) mass is 301 g/mol. The summed E-state index contributed by atoms with van der Waals surface area (Å²) in [6.07, 6.45) is -8.78. The number of hydrogen-bond acceptors (Lipinski definition) is 4. The third kappa shape index (κ3) is 3.93. The molecule has 0 aliphatic rings. The number of hydrogen-bond donors (Lipinski definition) is 1. The standard InChI is InChI=1S/C10H8F5NO4/c1-19-5(17)2-4-3-16-9(18)7(6(4)8(11)12)20-10(13,14)15/h3,8H,2H2,1H3,(H,16,18). The molecule has 0 aromatic carbocycles. The van der Waals surface area contributed by atoms with Crippen LogP contribution in [-0.4, -0.2) is 24.4 Å². The molecule has 0 saturated carbocycles. The third-order valence-electron chi connectivity index (χ3n) is 2.17. The summed E-state index contributed by atoms with van der Waals surface area (Å²) in [4.78, 5) is 24.0. The van der Waals surface area contributed by atoms with E-state index in [1.165, 1.54) is 0 Å². The molecule has 1 heterocycles. The van der Waals surface area contributed by atoms with Gasteiger partial charge in [0, 0.05) is 6.20 Å². The summed E-state index contributed by atoms with van der Waals surface area (Å²) in [5, 5.41) is 0. The number of nitrogens with one attached hydrogen (secondary N) is 1. The van der Waals surface area contributed by atoms with Gasteiger partial charge < -0.3 is 14.5 Å². The zero-order chi connectivity index (χ0) is 15.5. The first kappa shape index (κ1) is 15.9. The number of esters is 1. The number of carbonyl (C=O) groups excluding carboxylic acids is 1. The molecule has 5 nitrogen and oxygen atoms in total. The van der Waals surface area contributed by atoms with E-state index >= 15 is 0 Å². The van der Waals surface area contributed by atoms with Gasteiger partial charge in [0.1, 0.15) is 0 Å². The largest absolute Gasteiger partial charge is 0.573 e. The topological polar surface area (TPSA) is 68.4 Å². The smallest absolute Gasteiger partial charge is 0.469 e. The molecule has 20 heavy (non-hydrogen) atoms. The van der Waals surface area contributed by atoms with Crippen molar-refractivity contribution < 1.29 is 36.2 Å². The maximum absolute atomic E-state index is 12.8. The molecule has 1 aromatic heterocycles. The van der Waals surface area contributed by atoms with Crippen LogP contribution in [0.15, 0.2) is 11.0 Å². The Morgan fingerprint density at radius 2 is 2.00 bits per heavy atom. The molecule has 10 heteroatoms. The first-order valence-electron chi connectivity index (χ1n) is 5.01. The van der Waals surface area contributed by atoms with Crippen molar-refractivity contribution in [3.8, 4) is 5.75 Å². The van der Waals surface area contributed by atoms with E-state index in [1.807, 2.05) is 0 Å². The molecule has 0 spiro atoms. The van der Waals surface area contributed by atoms with Gasteiger partial charge in [-0.1, -0.05) is 0 Å². The van der Waals surface area contributed by atoms with E-state index in [1.54, 1.807) is 4.98 Å². The number of pyridine rings is 1. The number of H-pyrrole nitrogens is 1. The van der Waals surface area contributed by atoms with E-state index < -0.39 is 47.6 Å². The molecule has 0 radical (unpaired) electrons. The van der Waals surface area contributed by atoms with Crippen molar-refractivity contribution in [3.05, 3.63) is 27.7 Å². The highest BCUT2D eigenvalue weighted by atomic mass is 19.4. The Hall–Kier alpha value is -2.13. The van der Waals surface area contributed by atoms with E-state index in [4.69, 9.17) is 0 Å². The van der Waals surface area contributed by atoms with E-state index in [0.29, 0.717) is 6.20 Å². The van der Waals surface area contributed by atoms with E-state index in [9.17, 15) is 31.5 Å². The lowest BCUT2D eigenvalue weighted by Crippen LogP contribution is -2.25. The van der Waals surface area contributed by atoms with Crippen molar-refractivity contribution in [2.24, 2.45) is 0 Å². The van der Waals surface area contributed by atoms with Crippen molar-refractivity contribution in [3.63, 3.8) is 0 Å². The Labute approximate surface area is 108 Å². The zero-order valence-corrected chi connectivity index (χ0v) is 9.88. The van der Waals surface area contributed by atoms with Crippen molar-refractivity contribution in [1.29, 1.82) is 0 Å². The zero-order valence-electron chi connectivity index (χ0n) is 9.88. The first-order valence-corrected chi connectivity index (χ1v) is 5.01. The van der Waals surface area contributed by atoms with Crippen LogP contribution in [0.3, 0.4) is 0 Å². The van der Waals surface area contributed by atoms with Gasteiger partial charge in [0.05, 0.1) is 19.1 Å². The van der Waals surface area contributed by atoms with E-state index in [-0.39, 0.29) is 0 Å². The minimum atomic E-state index is -5.32. The van der Waals surface area contributed by atoms with Crippen LogP contribution in [0.2, 0.25) is 0 Å². The molecule has 0 atom stereocenters. The Morgan fingerprint density at radius 1 is 1.40 bits per heavy atom. The molecule has 1 aromatic rings. The minimum Gasteiger partial charge on any atom is -0.469 e. The molecule has 0 aliphatic carbocycles. The lowest BCUT2D eigenvalue weighted by Gasteiger charge is -2.14. The second-order valence-electron chi connectivity index (χ2n) is 3.49. The van der Waals surface area contributed by atoms with Gasteiger partial charge in [-0.25, -0.2) is 8.78 Å². The van der Waals surface area contributed by atoms with Crippen LogP contribution in [0.5, 0.6) is 5.75 Å². The molecule has 112 valence electrons. The summed E-state index contributed by atoms with van der Waals surface area (Å²) in [6, 6.07) is 0. The van der Waals surface area contributed by atoms with Crippen molar-refractivity contribution in [2.75, 3.05) is 7.11 Å². The van der Waals surface area contributed by atoms with Crippen molar-refractivity contribution in [2.45, 2.75) is 19.2 Å². The summed E-state index contributed by atoms with van der Waals surface area (Å²) in [6.45, 7) is 0. The van der Waals surface area contributed by atoms with Gasteiger partial charge in [-0.3, -0.25) is 9.59 Å². The number of ether oxygens (including phenoxy) is 2. The highest BCUT2D eigenvalue weighted by Crippen LogP contribution is 2.32. The highest BCUT2D eigenvalue weighted by molar-refractivity contribution is 5.73. The average Bonchev–Trinajstić information content (AvgIpc) is 2.31. The molecule has 0 aliphatic heterocycles. The quantitative estimate of drug-likeness (QED) is 0.681. The van der Waals surface area contributed by atoms with Crippen LogP contribution in [0.25, 0.3) is 0 Å². The van der Waals surface area contributed by atoms with Crippen LogP contribution in [0.1, 0.15) is 17.6 Å². The predicted molar refractivity (Wildman–Crippen MR) is 54.4 cm³/mol. The summed E-state index contributed by atoms with van der Waals surface area (Å²) >= 11 is 0. The Balaban J connectivity index is 3.37. The second kappa shape index (κ2) is 5.88. The fourth-order valence-electron chi connectivity index (χ4n) is 1.39.